The van der Waals surface area contributed by atoms with Crippen molar-refractivity contribution in [1.82, 2.24) is 20.3 Å². The second-order valence-electron chi connectivity index (χ2n) is 7.23. The standard InChI is InChI=1S/C19H23F3N6O/c1-28(2)16-9-10-23-18(27-16)26-14-6-4-13(5-7-14)25-17(29)12-3-8-15(24-11-12)19(20,21)22/h3,8-11,13-14H,4-7H2,1-2H3,(H,25,29)(H,23,26,27). The lowest BCUT2D eigenvalue weighted by molar-refractivity contribution is -0.141. The molecule has 7 nitrogen and oxygen atoms in total. The Morgan fingerprint density at radius 2 is 1.76 bits per heavy atom. The van der Waals surface area contributed by atoms with Crippen LogP contribution in [-0.2, 0) is 6.18 Å². The second kappa shape index (κ2) is 8.62. The van der Waals surface area contributed by atoms with Gasteiger partial charge in [-0.1, -0.05) is 0 Å². The van der Waals surface area contributed by atoms with E-state index in [0.717, 1.165) is 49.8 Å². The van der Waals surface area contributed by atoms with Gasteiger partial charge in [0.1, 0.15) is 11.5 Å². The summed E-state index contributed by atoms with van der Waals surface area (Å²) < 4.78 is 37.7. The number of anilines is 2. The molecule has 0 spiro atoms. The van der Waals surface area contributed by atoms with Gasteiger partial charge in [0.2, 0.25) is 5.95 Å². The monoisotopic (exact) mass is 408 g/mol. The van der Waals surface area contributed by atoms with Crippen LogP contribution in [-0.4, -0.2) is 47.0 Å². The molecule has 0 saturated heterocycles. The molecule has 0 aliphatic heterocycles. The maximum absolute atomic E-state index is 12.6. The molecule has 1 aliphatic carbocycles. The summed E-state index contributed by atoms with van der Waals surface area (Å²) in [6.07, 6.45) is 1.30. The van der Waals surface area contributed by atoms with Crippen LogP contribution in [0, 0.1) is 0 Å². The van der Waals surface area contributed by atoms with Gasteiger partial charge in [-0.25, -0.2) is 4.98 Å². The van der Waals surface area contributed by atoms with E-state index in [9.17, 15) is 18.0 Å². The predicted molar refractivity (Wildman–Crippen MR) is 103 cm³/mol. The van der Waals surface area contributed by atoms with Gasteiger partial charge >= 0.3 is 6.18 Å². The van der Waals surface area contributed by atoms with Crippen LogP contribution in [0.3, 0.4) is 0 Å². The van der Waals surface area contributed by atoms with Gasteiger partial charge in [-0.2, -0.15) is 18.2 Å². The molecule has 1 amide bonds. The lowest BCUT2D eigenvalue weighted by atomic mass is 9.91. The average Bonchev–Trinajstić information content (AvgIpc) is 2.69. The van der Waals surface area contributed by atoms with E-state index in [1.807, 2.05) is 25.1 Å². The number of amides is 1. The van der Waals surface area contributed by atoms with Gasteiger partial charge in [-0.3, -0.25) is 9.78 Å². The second-order valence-corrected chi connectivity index (χ2v) is 7.23. The van der Waals surface area contributed by atoms with Crippen molar-refractivity contribution in [1.29, 1.82) is 0 Å². The Morgan fingerprint density at radius 3 is 2.34 bits per heavy atom. The third-order valence-electron chi connectivity index (χ3n) is 4.81. The molecule has 2 aromatic rings. The Labute approximate surface area is 166 Å². The molecule has 1 fully saturated rings. The van der Waals surface area contributed by atoms with Crippen molar-refractivity contribution in [3.05, 3.63) is 41.9 Å². The molecule has 2 N–H and O–H groups in total. The van der Waals surface area contributed by atoms with Gasteiger partial charge in [0.05, 0.1) is 5.56 Å². The van der Waals surface area contributed by atoms with Crippen molar-refractivity contribution in [2.24, 2.45) is 0 Å². The fourth-order valence-corrected chi connectivity index (χ4v) is 3.20. The zero-order valence-corrected chi connectivity index (χ0v) is 16.2. The topological polar surface area (TPSA) is 83.0 Å². The van der Waals surface area contributed by atoms with E-state index in [0.29, 0.717) is 5.95 Å². The zero-order chi connectivity index (χ0) is 21.0. The Morgan fingerprint density at radius 1 is 1.07 bits per heavy atom. The lowest BCUT2D eigenvalue weighted by Gasteiger charge is -2.29. The fraction of sp³-hybridized carbons (Fsp3) is 0.474. The molecule has 1 aliphatic rings. The van der Waals surface area contributed by atoms with Crippen LogP contribution in [0.25, 0.3) is 0 Å². The van der Waals surface area contributed by atoms with E-state index < -0.39 is 17.8 Å². The number of rotatable bonds is 5. The third kappa shape index (κ3) is 5.55. The van der Waals surface area contributed by atoms with Gasteiger partial charge < -0.3 is 15.5 Å². The van der Waals surface area contributed by atoms with Crippen LogP contribution >= 0.6 is 0 Å². The number of aromatic nitrogens is 3. The molecule has 2 aromatic heterocycles. The SMILES string of the molecule is CN(C)c1ccnc(NC2CCC(NC(=O)c3ccc(C(F)(F)F)nc3)CC2)n1. The molecule has 0 aromatic carbocycles. The first-order valence-corrected chi connectivity index (χ1v) is 9.33. The smallest absolute Gasteiger partial charge is 0.363 e. The first kappa shape index (κ1) is 20.8. The molecule has 29 heavy (non-hydrogen) atoms. The fourth-order valence-electron chi connectivity index (χ4n) is 3.20. The van der Waals surface area contributed by atoms with Crippen molar-refractivity contribution in [3.8, 4) is 0 Å². The zero-order valence-electron chi connectivity index (χ0n) is 16.2. The van der Waals surface area contributed by atoms with Gasteiger partial charge in [0, 0.05) is 38.6 Å². The first-order valence-electron chi connectivity index (χ1n) is 9.33. The van der Waals surface area contributed by atoms with Crippen molar-refractivity contribution >= 4 is 17.7 Å². The van der Waals surface area contributed by atoms with Crippen molar-refractivity contribution in [3.63, 3.8) is 0 Å². The molecule has 3 rings (SSSR count). The van der Waals surface area contributed by atoms with Crippen LogP contribution in [0.4, 0.5) is 24.9 Å². The highest BCUT2D eigenvalue weighted by molar-refractivity contribution is 5.94. The predicted octanol–water partition coefficient (Wildman–Crippen LogP) is 3.11. The number of halogens is 3. The number of nitrogens with one attached hydrogen (secondary N) is 2. The Kier molecular flexibility index (Phi) is 6.19. The van der Waals surface area contributed by atoms with E-state index in [1.54, 1.807) is 6.20 Å². The van der Waals surface area contributed by atoms with E-state index in [1.165, 1.54) is 0 Å². The summed E-state index contributed by atoms with van der Waals surface area (Å²) in [5, 5.41) is 6.20. The highest BCUT2D eigenvalue weighted by Gasteiger charge is 2.32. The van der Waals surface area contributed by atoms with Crippen LogP contribution < -0.4 is 15.5 Å². The number of carbonyl (C=O) groups excluding carboxylic acids is 1. The summed E-state index contributed by atoms with van der Waals surface area (Å²) in [6.45, 7) is 0. The minimum absolute atomic E-state index is 0.0307. The van der Waals surface area contributed by atoms with E-state index in [4.69, 9.17) is 0 Å². The van der Waals surface area contributed by atoms with Gasteiger partial charge in [-0.15, -0.1) is 0 Å². The summed E-state index contributed by atoms with van der Waals surface area (Å²) in [5.74, 6) is 0.970. The number of alkyl halides is 3. The molecular weight excluding hydrogens is 385 g/mol. The lowest BCUT2D eigenvalue weighted by Crippen LogP contribution is -2.40. The minimum Gasteiger partial charge on any atom is -0.363 e. The molecule has 0 bridgehead atoms. The minimum atomic E-state index is -4.52. The molecule has 2 heterocycles. The molecule has 0 atom stereocenters. The largest absolute Gasteiger partial charge is 0.433 e. The normalized spacial score (nSPS) is 19.5. The number of hydrogen-bond donors (Lipinski definition) is 2. The van der Waals surface area contributed by atoms with Gasteiger partial charge in [-0.05, 0) is 43.9 Å². The van der Waals surface area contributed by atoms with Crippen molar-refractivity contribution < 1.29 is 18.0 Å². The van der Waals surface area contributed by atoms with Crippen LogP contribution in [0.5, 0.6) is 0 Å². The number of carbonyl (C=O) groups is 1. The van der Waals surface area contributed by atoms with Crippen LogP contribution in [0.2, 0.25) is 0 Å². The van der Waals surface area contributed by atoms with Gasteiger partial charge in [0.15, 0.2) is 0 Å². The van der Waals surface area contributed by atoms with Gasteiger partial charge in [0.25, 0.3) is 5.91 Å². The van der Waals surface area contributed by atoms with Crippen molar-refractivity contribution in [2.45, 2.75) is 43.9 Å². The number of pyridine rings is 1. The highest BCUT2D eigenvalue weighted by atomic mass is 19.4. The Hall–Kier alpha value is -2.91. The molecule has 156 valence electrons. The molecule has 10 heteroatoms. The summed E-state index contributed by atoms with van der Waals surface area (Å²) in [4.78, 5) is 26.2. The number of nitrogens with zero attached hydrogens (tertiary/aromatic N) is 4. The number of hydrogen-bond acceptors (Lipinski definition) is 6. The highest BCUT2D eigenvalue weighted by Crippen LogP contribution is 2.27. The summed E-state index contributed by atoms with van der Waals surface area (Å²) >= 11 is 0. The van der Waals surface area contributed by atoms with E-state index >= 15 is 0 Å². The average molecular weight is 408 g/mol. The molecule has 0 radical (unpaired) electrons. The first-order chi connectivity index (χ1) is 13.7. The molecular formula is C19H23F3N6O. The van der Waals surface area contributed by atoms with Crippen molar-refractivity contribution in [2.75, 3.05) is 24.3 Å². The summed E-state index contributed by atoms with van der Waals surface area (Å²) in [7, 11) is 3.82. The molecule has 1 saturated carbocycles. The van der Waals surface area contributed by atoms with E-state index in [2.05, 4.69) is 25.6 Å². The van der Waals surface area contributed by atoms with Crippen LogP contribution in [0.15, 0.2) is 30.6 Å². The Balaban J connectivity index is 1.49. The summed E-state index contributed by atoms with van der Waals surface area (Å²) in [5.41, 5.74) is -0.895. The van der Waals surface area contributed by atoms with E-state index in [-0.39, 0.29) is 17.6 Å². The maximum atomic E-state index is 12.6. The third-order valence-corrected chi connectivity index (χ3v) is 4.81. The summed E-state index contributed by atoms with van der Waals surface area (Å²) in [6, 6.07) is 3.96. The maximum Gasteiger partial charge on any atom is 0.433 e. The molecule has 0 unspecified atom stereocenters. The van der Waals surface area contributed by atoms with Crippen LogP contribution in [0.1, 0.15) is 41.7 Å². The Bertz CT molecular complexity index is 833. The quantitative estimate of drug-likeness (QED) is 0.791.